The molecule has 4 heteroatoms. The minimum Gasteiger partial charge on any atom is -0.467 e. The highest BCUT2D eigenvalue weighted by molar-refractivity contribution is 7.09. The standard InChI is InChI=1S/C16H16N2OS/c1-11(16-7-4-8-19-16)17-14-6-3-5-13(9-14)15-10-20-12(2)18-15/h3-11,17H,1-2H3. The molecule has 0 fully saturated rings. The summed E-state index contributed by atoms with van der Waals surface area (Å²) in [6.45, 7) is 4.10. The van der Waals surface area contributed by atoms with Gasteiger partial charge in [-0.15, -0.1) is 11.3 Å². The van der Waals surface area contributed by atoms with Crippen molar-refractivity contribution >= 4 is 17.0 Å². The highest BCUT2D eigenvalue weighted by Gasteiger charge is 2.09. The molecule has 102 valence electrons. The topological polar surface area (TPSA) is 38.1 Å². The summed E-state index contributed by atoms with van der Waals surface area (Å²) in [4.78, 5) is 4.52. The van der Waals surface area contributed by atoms with E-state index in [1.54, 1.807) is 17.6 Å². The second kappa shape index (κ2) is 5.51. The van der Waals surface area contributed by atoms with Gasteiger partial charge in [-0.1, -0.05) is 12.1 Å². The molecule has 1 aromatic carbocycles. The third-order valence-electron chi connectivity index (χ3n) is 3.13. The average Bonchev–Trinajstić information content (AvgIpc) is 3.10. The zero-order valence-corrected chi connectivity index (χ0v) is 12.3. The van der Waals surface area contributed by atoms with Crippen LogP contribution in [0.25, 0.3) is 11.3 Å². The maximum atomic E-state index is 5.41. The molecule has 0 saturated heterocycles. The van der Waals surface area contributed by atoms with Crippen LogP contribution in [0.1, 0.15) is 23.7 Å². The molecule has 2 aromatic heterocycles. The lowest BCUT2D eigenvalue weighted by molar-refractivity contribution is 0.490. The molecule has 0 amide bonds. The quantitative estimate of drug-likeness (QED) is 0.741. The van der Waals surface area contributed by atoms with Gasteiger partial charge in [-0.25, -0.2) is 4.98 Å². The number of thiazole rings is 1. The minimum absolute atomic E-state index is 0.137. The highest BCUT2D eigenvalue weighted by Crippen LogP contribution is 2.26. The first-order valence-electron chi connectivity index (χ1n) is 6.55. The SMILES string of the molecule is Cc1nc(-c2cccc(NC(C)c3ccco3)c2)cs1. The largest absolute Gasteiger partial charge is 0.467 e. The minimum atomic E-state index is 0.137. The third-order valence-corrected chi connectivity index (χ3v) is 3.90. The molecule has 0 aliphatic rings. The normalized spacial score (nSPS) is 12.3. The van der Waals surface area contributed by atoms with Crippen molar-refractivity contribution < 1.29 is 4.42 Å². The van der Waals surface area contributed by atoms with Crippen LogP contribution in [-0.4, -0.2) is 4.98 Å². The number of aryl methyl sites for hydroxylation is 1. The molecule has 3 aromatic rings. The van der Waals surface area contributed by atoms with E-state index in [9.17, 15) is 0 Å². The van der Waals surface area contributed by atoms with Gasteiger partial charge in [0.15, 0.2) is 0 Å². The van der Waals surface area contributed by atoms with Crippen molar-refractivity contribution in [2.45, 2.75) is 19.9 Å². The van der Waals surface area contributed by atoms with Gasteiger partial charge in [0, 0.05) is 16.6 Å². The molecule has 1 atom stereocenters. The molecule has 20 heavy (non-hydrogen) atoms. The van der Waals surface area contributed by atoms with E-state index in [0.717, 1.165) is 27.7 Å². The molecular weight excluding hydrogens is 268 g/mol. The van der Waals surface area contributed by atoms with Crippen LogP contribution in [-0.2, 0) is 0 Å². The summed E-state index contributed by atoms with van der Waals surface area (Å²) in [6.07, 6.45) is 1.70. The summed E-state index contributed by atoms with van der Waals surface area (Å²) >= 11 is 1.67. The molecule has 0 bridgehead atoms. The van der Waals surface area contributed by atoms with E-state index in [4.69, 9.17) is 4.42 Å². The Morgan fingerprint density at radius 3 is 2.85 bits per heavy atom. The van der Waals surface area contributed by atoms with Crippen molar-refractivity contribution in [1.29, 1.82) is 0 Å². The van der Waals surface area contributed by atoms with Gasteiger partial charge in [-0.2, -0.15) is 0 Å². The van der Waals surface area contributed by atoms with Gasteiger partial charge < -0.3 is 9.73 Å². The molecular formula is C16H16N2OS. The predicted molar refractivity (Wildman–Crippen MR) is 83.0 cm³/mol. The molecule has 3 nitrogen and oxygen atoms in total. The molecule has 0 spiro atoms. The van der Waals surface area contributed by atoms with E-state index in [0.29, 0.717) is 0 Å². The van der Waals surface area contributed by atoms with Crippen LogP contribution in [0.4, 0.5) is 5.69 Å². The lowest BCUT2D eigenvalue weighted by Gasteiger charge is -2.13. The first kappa shape index (κ1) is 12.9. The average molecular weight is 284 g/mol. The van der Waals surface area contributed by atoms with Crippen LogP contribution in [0.3, 0.4) is 0 Å². The first-order chi connectivity index (χ1) is 9.72. The summed E-state index contributed by atoms with van der Waals surface area (Å²) in [5, 5.41) is 6.62. The van der Waals surface area contributed by atoms with Gasteiger partial charge in [0.2, 0.25) is 0 Å². The fourth-order valence-corrected chi connectivity index (χ4v) is 2.75. The molecule has 3 rings (SSSR count). The Morgan fingerprint density at radius 1 is 1.25 bits per heavy atom. The summed E-state index contributed by atoms with van der Waals surface area (Å²) in [6, 6.07) is 12.3. The number of benzene rings is 1. The fraction of sp³-hybridized carbons (Fsp3) is 0.188. The number of hydrogen-bond donors (Lipinski definition) is 1. The third kappa shape index (κ3) is 2.75. The van der Waals surface area contributed by atoms with Crippen LogP contribution in [0.15, 0.2) is 52.5 Å². The number of rotatable bonds is 4. The van der Waals surface area contributed by atoms with Crippen molar-refractivity contribution in [2.24, 2.45) is 0 Å². The van der Waals surface area contributed by atoms with E-state index in [-0.39, 0.29) is 6.04 Å². The second-order valence-electron chi connectivity index (χ2n) is 4.71. The molecule has 2 heterocycles. The molecule has 1 N–H and O–H groups in total. The zero-order chi connectivity index (χ0) is 13.9. The number of anilines is 1. The summed E-state index contributed by atoms with van der Waals surface area (Å²) in [7, 11) is 0. The number of nitrogens with one attached hydrogen (secondary N) is 1. The maximum Gasteiger partial charge on any atom is 0.125 e. The van der Waals surface area contributed by atoms with E-state index in [1.165, 1.54) is 0 Å². The summed E-state index contributed by atoms with van der Waals surface area (Å²) in [5.41, 5.74) is 3.23. The summed E-state index contributed by atoms with van der Waals surface area (Å²) < 4.78 is 5.41. The van der Waals surface area contributed by atoms with Crippen molar-refractivity contribution in [2.75, 3.05) is 5.32 Å². The predicted octanol–water partition coefficient (Wildman–Crippen LogP) is 4.88. The van der Waals surface area contributed by atoms with Crippen LogP contribution >= 0.6 is 11.3 Å². The second-order valence-corrected chi connectivity index (χ2v) is 5.78. The highest BCUT2D eigenvalue weighted by atomic mass is 32.1. The van der Waals surface area contributed by atoms with Crippen molar-refractivity contribution in [3.05, 3.63) is 58.8 Å². The Labute approximate surface area is 122 Å². The van der Waals surface area contributed by atoms with Crippen LogP contribution in [0, 0.1) is 6.92 Å². The number of hydrogen-bond acceptors (Lipinski definition) is 4. The van der Waals surface area contributed by atoms with E-state index in [1.807, 2.05) is 25.1 Å². The monoisotopic (exact) mass is 284 g/mol. The van der Waals surface area contributed by atoms with Crippen molar-refractivity contribution in [1.82, 2.24) is 4.98 Å². The lowest BCUT2D eigenvalue weighted by Crippen LogP contribution is -2.05. The van der Waals surface area contributed by atoms with Crippen LogP contribution < -0.4 is 5.32 Å². The molecule has 0 saturated carbocycles. The number of furan rings is 1. The number of nitrogens with zero attached hydrogens (tertiary/aromatic N) is 1. The van der Waals surface area contributed by atoms with E-state index in [2.05, 4.69) is 40.8 Å². The van der Waals surface area contributed by atoms with Crippen LogP contribution in [0.2, 0.25) is 0 Å². The fourth-order valence-electron chi connectivity index (χ4n) is 2.12. The molecule has 0 radical (unpaired) electrons. The van der Waals surface area contributed by atoms with Gasteiger partial charge in [0.05, 0.1) is 23.0 Å². The Bertz CT molecular complexity index is 688. The van der Waals surface area contributed by atoms with Gasteiger partial charge in [-0.3, -0.25) is 0 Å². The van der Waals surface area contributed by atoms with E-state index < -0.39 is 0 Å². The Kier molecular flexibility index (Phi) is 3.56. The molecule has 1 unspecified atom stereocenters. The van der Waals surface area contributed by atoms with Gasteiger partial charge in [0.1, 0.15) is 5.76 Å². The Balaban J connectivity index is 1.81. The molecule has 0 aliphatic heterocycles. The maximum absolute atomic E-state index is 5.41. The van der Waals surface area contributed by atoms with Gasteiger partial charge in [0.25, 0.3) is 0 Å². The zero-order valence-electron chi connectivity index (χ0n) is 11.5. The summed E-state index contributed by atoms with van der Waals surface area (Å²) in [5.74, 6) is 0.930. The van der Waals surface area contributed by atoms with Crippen molar-refractivity contribution in [3.8, 4) is 11.3 Å². The smallest absolute Gasteiger partial charge is 0.125 e. The lowest BCUT2D eigenvalue weighted by atomic mass is 10.1. The number of aromatic nitrogens is 1. The molecule has 0 aliphatic carbocycles. The van der Waals surface area contributed by atoms with Gasteiger partial charge >= 0.3 is 0 Å². The van der Waals surface area contributed by atoms with Crippen LogP contribution in [0.5, 0.6) is 0 Å². The van der Waals surface area contributed by atoms with Gasteiger partial charge in [-0.05, 0) is 38.1 Å². The Hall–Kier alpha value is -2.07. The first-order valence-corrected chi connectivity index (χ1v) is 7.43. The van der Waals surface area contributed by atoms with E-state index >= 15 is 0 Å². The Morgan fingerprint density at radius 2 is 2.15 bits per heavy atom. The van der Waals surface area contributed by atoms with Crippen molar-refractivity contribution in [3.63, 3.8) is 0 Å².